The molecule has 0 aliphatic carbocycles. The maximum Gasteiger partial charge on any atom is 0.142 e. The molecule has 2 N–H and O–H groups in total. The lowest BCUT2D eigenvalue weighted by molar-refractivity contribution is 0.0854. The number of nitrogens with zero attached hydrogens (tertiary/aromatic N) is 2. The van der Waals surface area contributed by atoms with Crippen LogP contribution in [0, 0.1) is 0 Å². The first kappa shape index (κ1) is 13.9. The van der Waals surface area contributed by atoms with E-state index in [2.05, 4.69) is 11.2 Å². The molecular weight excluding hydrogens is 266 g/mol. The number of methoxy groups -OCH3 is 1. The van der Waals surface area contributed by atoms with Crippen LogP contribution in [0.25, 0.3) is 11.1 Å². The van der Waals surface area contributed by atoms with Gasteiger partial charge in [-0.25, -0.2) is 0 Å². The zero-order chi connectivity index (χ0) is 14.8. The van der Waals surface area contributed by atoms with Crippen LogP contribution in [0.2, 0.25) is 0 Å². The van der Waals surface area contributed by atoms with Crippen molar-refractivity contribution in [3.8, 4) is 16.9 Å². The molecule has 1 aliphatic rings. The Morgan fingerprint density at radius 3 is 2.71 bits per heavy atom. The van der Waals surface area contributed by atoms with Crippen molar-refractivity contribution in [1.82, 2.24) is 9.78 Å². The van der Waals surface area contributed by atoms with Crippen molar-refractivity contribution in [1.29, 1.82) is 0 Å². The zero-order valence-corrected chi connectivity index (χ0v) is 12.5. The van der Waals surface area contributed by atoms with Crippen molar-refractivity contribution < 1.29 is 9.47 Å². The second kappa shape index (κ2) is 5.77. The molecular formula is C16H21N3O2. The molecule has 1 aromatic carbocycles. The van der Waals surface area contributed by atoms with Gasteiger partial charge in [-0.3, -0.25) is 4.68 Å². The molecule has 5 nitrogen and oxygen atoms in total. The number of rotatable bonds is 3. The molecule has 1 fully saturated rings. The molecule has 0 atom stereocenters. The van der Waals surface area contributed by atoms with Gasteiger partial charge in [-0.05, 0) is 42.0 Å². The second-order valence-corrected chi connectivity index (χ2v) is 5.47. The zero-order valence-electron chi connectivity index (χ0n) is 12.5. The molecule has 112 valence electrons. The van der Waals surface area contributed by atoms with Gasteiger partial charge >= 0.3 is 0 Å². The van der Waals surface area contributed by atoms with Crippen LogP contribution in [-0.4, -0.2) is 30.1 Å². The lowest BCUT2D eigenvalue weighted by Crippen LogP contribution is -2.15. The standard InChI is InChI=1S/C16H21N3O2/c1-19-10-12(9-18-19)13-7-15(17)16(20-2)8-14(13)11-3-5-21-6-4-11/h7-11H,3-6,17H2,1-2H3. The van der Waals surface area contributed by atoms with Gasteiger partial charge < -0.3 is 15.2 Å². The fraction of sp³-hybridized carbons (Fsp3) is 0.438. The highest BCUT2D eigenvalue weighted by molar-refractivity contribution is 5.74. The highest BCUT2D eigenvalue weighted by Crippen LogP contribution is 2.39. The minimum Gasteiger partial charge on any atom is -0.495 e. The SMILES string of the molecule is COc1cc(C2CCOCC2)c(-c2cnn(C)c2)cc1N. The van der Waals surface area contributed by atoms with Crippen LogP contribution in [0.1, 0.15) is 24.3 Å². The summed E-state index contributed by atoms with van der Waals surface area (Å²) in [6.07, 6.45) is 5.95. The minimum absolute atomic E-state index is 0.475. The summed E-state index contributed by atoms with van der Waals surface area (Å²) in [7, 11) is 3.58. The Hall–Kier alpha value is -2.01. The maximum atomic E-state index is 6.10. The Bertz CT molecular complexity index is 630. The molecule has 0 unspecified atom stereocenters. The lowest BCUT2D eigenvalue weighted by atomic mass is 9.86. The van der Waals surface area contributed by atoms with Crippen molar-refractivity contribution in [2.24, 2.45) is 7.05 Å². The molecule has 1 saturated heterocycles. The number of nitrogens with two attached hydrogens (primary N) is 1. The van der Waals surface area contributed by atoms with Crippen LogP contribution < -0.4 is 10.5 Å². The smallest absolute Gasteiger partial charge is 0.142 e. The second-order valence-electron chi connectivity index (χ2n) is 5.47. The number of hydrogen-bond donors (Lipinski definition) is 1. The van der Waals surface area contributed by atoms with E-state index in [1.165, 1.54) is 5.56 Å². The first-order valence-electron chi connectivity index (χ1n) is 7.23. The van der Waals surface area contributed by atoms with Gasteiger partial charge in [0.1, 0.15) is 5.75 Å². The topological polar surface area (TPSA) is 62.3 Å². The van der Waals surface area contributed by atoms with E-state index in [-0.39, 0.29) is 0 Å². The summed E-state index contributed by atoms with van der Waals surface area (Å²) in [6, 6.07) is 4.08. The van der Waals surface area contributed by atoms with Gasteiger partial charge in [0, 0.05) is 32.0 Å². The van der Waals surface area contributed by atoms with E-state index in [9.17, 15) is 0 Å². The van der Waals surface area contributed by atoms with E-state index in [4.69, 9.17) is 15.2 Å². The summed E-state index contributed by atoms with van der Waals surface area (Å²) in [6.45, 7) is 1.62. The van der Waals surface area contributed by atoms with Gasteiger partial charge in [-0.2, -0.15) is 5.10 Å². The first-order valence-corrected chi connectivity index (χ1v) is 7.23. The number of nitrogen functional groups attached to an aromatic ring is 1. The molecule has 1 aromatic heterocycles. The summed E-state index contributed by atoms with van der Waals surface area (Å²) >= 11 is 0. The fourth-order valence-corrected chi connectivity index (χ4v) is 2.95. The Balaban J connectivity index is 2.09. The monoisotopic (exact) mass is 287 g/mol. The predicted octanol–water partition coefficient (Wildman–Crippen LogP) is 2.57. The normalized spacial score (nSPS) is 16.1. The Morgan fingerprint density at radius 2 is 2.10 bits per heavy atom. The maximum absolute atomic E-state index is 6.10. The number of ether oxygens (including phenoxy) is 2. The highest BCUT2D eigenvalue weighted by Gasteiger charge is 2.22. The van der Waals surface area contributed by atoms with Crippen LogP contribution in [0.15, 0.2) is 24.5 Å². The average molecular weight is 287 g/mol. The number of anilines is 1. The van der Waals surface area contributed by atoms with E-state index in [1.807, 2.05) is 30.2 Å². The average Bonchev–Trinajstić information content (AvgIpc) is 2.94. The lowest BCUT2D eigenvalue weighted by Gasteiger charge is -2.25. The van der Waals surface area contributed by atoms with Gasteiger partial charge in [0.15, 0.2) is 0 Å². The Kier molecular flexibility index (Phi) is 3.84. The molecule has 3 rings (SSSR count). The van der Waals surface area contributed by atoms with E-state index in [1.54, 1.807) is 7.11 Å². The van der Waals surface area contributed by atoms with Crippen LogP contribution in [0.4, 0.5) is 5.69 Å². The van der Waals surface area contributed by atoms with Crippen molar-refractivity contribution in [3.63, 3.8) is 0 Å². The predicted molar refractivity (Wildman–Crippen MR) is 82.4 cm³/mol. The number of benzene rings is 1. The van der Waals surface area contributed by atoms with Gasteiger partial charge in [0.25, 0.3) is 0 Å². The fourth-order valence-electron chi connectivity index (χ4n) is 2.95. The summed E-state index contributed by atoms with van der Waals surface area (Å²) in [5, 5.41) is 4.27. The molecule has 5 heteroatoms. The van der Waals surface area contributed by atoms with Gasteiger partial charge in [-0.1, -0.05) is 0 Å². The van der Waals surface area contributed by atoms with Crippen LogP contribution in [0.5, 0.6) is 5.75 Å². The molecule has 1 aliphatic heterocycles. The van der Waals surface area contributed by atoms with Crippen LogP contribution >= 0.6 is 0 Å². The van der Waals surface area contributed by atoms with Crippen molar-refractivity contribution in [3.05, 3.63) is 30.1 Å². The van der Waals surface area contributed by atoms with E-state index < -0.39 is 0 Å². The van der Waals surface area contributed by atoms with E-state index >= 15 is 0 Å². The molecule has 0 amide bonds. The number of aromatic nitrogens is 2. The Labute approximate surface area is 124 Å². The van der Waals surface area contributed by atoms with Gasteiger partial charge in [-0.15, -0.1) is 0 Å². The third-order valence-electron chi connectivity index (χ3n) is 4.08. The molecule has 0 saturated carbocycles. The third-order valence-corrected chi connectivity index (χ3v) is 4.08. The van der Waals surface area contributed by atoms with Gasteiger partial charge in [0.05, 0.1) is 19.0 Å². The van der Waals surface area contributed by atoms with Gasteiger partial charge in [0.2, 0.25) is 0 Å². The van der Waals surface area contributed by atoms with Crippen molar-refractivity contribution >= 4 is 5.69 Å². The highest BCUT2D eigenvalue weighted by atomic mass is 16.5. The molecule has 21 heavy (non-hydrogen) atoms. The quantitative estimate of drug-likeness (QED) is 0.881. The first-order chi connectivity index (χ1) is 10.2. The van der Waals surface area contributed by atoms with Crippen molar-refractivity contribution in [2.75, 3.05) is 26.1 Å². The van der Waals surface area contributed by atoms with Crippen LogP contribution in [0.3, 0.4) is 0 Å². The summed E-state index contributed by atoms with van der Waals surface area (Å²) < 4.78 is 12.7. The van der Waals surface area contributed by atoms with E-state index in [0.717, 1.165) is 42.9 Å². The molecule has 0 bridgehead atoms. The Morgan fingerprint density at radius 1 is 1.33 bits per heavy atom. The molecule has 0 radical (unpaired) electrons. The van der Waals surface area contributed by atoms with Crippen LogP contribution in [-0.2, 0) is 11.8 Å². The van der Waals surface area contributed by atoms with E-state index in [0.29, 0.717) is 11.6 Å². The van der Waals surface area contributed by atoms with Crippen molar-refractivity contribution in [2.45, 2.75) is 18.8 Å². The number of aryl methyl sites for hydroxylation is 1. The molecule has 2 aromatic rings. The molecule has 0 spiro atoms. The third kappa shape index (κ3) is 2.74. The summed E-state index contributed by atoms with van der Waals surface area (Å²) in [4.78, 5) is 0. The largest absolute Gasteiger partial charge is 0.495 e. The number of hydrogen-bond acceptors (Lipinski definition) is 4. The summed E-state index contributed by atoms with van der Waals surface area (Å²) in [5.41, 5.74) is 10.3. The summed E-state index contributed by atoms with van der Waals surface area (Å²) in [5.74, 6) is 1.22. The minimum atomic E-state index is 0.475. The molecule has 2 heterocycles.